The maximum atomic E-state index is 12.3. The second-order valence-corrected chi connectivity index (χ2v) is 8.11. The summed E-state index contributed by atoms with van der Waals surface area (Å²) in [7, 11) is 0. The van der Waals surface area contributed by atoms with Crippen molar-refractivity contribution in [2.75, 3.05) is 11.9 Å². The highest BCUT2D eigenvalue weighted by molar-refractivity contribution is 8.02. The minimum Gasteiger partial charge on any atom is -0.360 e. The lowest BCUT2D eigenvalue weighted by Crippen LogP contribution is -2.44. The van der Waals surface area contributed by atoms with Crippen LogP contribution in [0.4, 0.5) is 5.13 Å². The Kier molecular flexibility index (Phi) is 6.29. The van der Waals surface area contributed by atoms with Crippen molar-refractivity contribution in [2.45, 2.75) is 62.1 Å². The highest BCUT2D eigenvalue weighted by Gasteiger charge is 2.25. The van der Waals surface area contributed by atoms with Gasteiger partial charge >= 0.3 is 0 Å². The minimum absolute atomic E-state index is 0.110. The summed E-state index contributed by atoms with van der Waals surface area (Å²) in [4.78, 5) is 12.3. The van der Waals surface area contributed by atoms with Crippen LogP contribution in [0.1, 0.15) is 46.5 Å². The van der Waals surface area contributed by atoms with E-state index in [0.717, 1.165) is 22.4 Å². The van der Waals surface area contributed by atoms with Gasteiger partial charge < -0.3 is 10.6 Å². The molecular weight excluding hydrogens is 304 g/mol. The molecule has 2 rings (SSSR count). The number of hydrogen-bond donors (Lipinski definition) is 2. The molecule has 1 amide bonds. The molecule has 1 aliphatic rings. The first kappa shape index (κ1) is 16.5. The number of aromatic nitrogens is 2. The van der Waals surface area contributed by atoms with Crippen molar-refractivity contribution >= 4 is 34.1 Å². The zero-order valence-electron chi connectivity index (χ0n) is 12.9. The van der Waals surface area contributed by atoms with Crippen molar-refractivity contribution in [1.29, 1.82) is 0 Å². The normalized spacial score (nSPS) is 23.6. The zero-order valence-corrected chi connectivity index (χ0v) is 14.5. The lowest BCUT2D eigenvalue weighted by Gasteiger charge is -2.30. The van der Waals surface area contributed by atoms with Crippen LogP contribution in [0.15, 0.2) is 4.34 Å². The molecule has 0 aliphatic heterocycles. The zero-order chi connectivity index (χ0) is 15.2. The first-order valence-electron chi connectivity index (χ1n) is 7.64. The molecule has 2 N–H and O–H groups in total. The van der Waals surface area contributed by atoms with Crippen LogP contribution >= 0.6 is 23.1 Å². The molecule has 0 aromatic carbocycles. The van der Waals surface area contributed by atoms with Crippen molar-refractivity contribution in [3.05, 3.63) is 0 Å². The minimum atomic E-state index is -0.137. The van der Waals surface area contributed by atoms with Gasteiger partial charge in [-0.3, -0.25) is 4.79 Å². The number of anilines is 1. The predicted molar refractivity (Wildman–Crippen MR) is 89.0 cm³/mol. The average Bonchev–Trinajstić information content (AvgIpc) is 2.89. The van der Waals surface area contributed by atoms with Gasteiger partial charge in [-0.05, 0) is 32.6 Å². The molecule has 0 saturated heterocycles. The number of rotatable bonds is 6. The van der Waals surface area contributed by atoms with E-state index < -0.39 is 0 Å². The van der Waals surface area contributed by atoms with Gasteiger partial charge in [0.15, 0.2) is 4.34 Å². The standard InChI is InChI=1S/C14H24N4OS2/c1-4-15-13-17-18-14(21-13)20-10(3)12(19)16-11-8-6-5-7-9(11)2/h9-11H,4-8H2,1-3H3,(H,15,17)(H,16,19)/t9-,10+,11+/m0/s1. The van der Waals surface area contributed by atoms with Gasteiger partial charge in [-0.15, -0.1) is 10.2 Å². The number of carbonyl (C=O) groups excluding carboxylic acids is 1. The van der Waals surface area contributed by atoms with Gasteiger partial charge in [0.05, 0.1) is 5.25 Å². The Balaban J connectivity index is 1.83. The Morgan fingerprint density at radius 2 is 2.19 bits per heavy atom. The number of carbonyl (C=O) groups is 1. The number of thioether (sulfide) groups is 1. The third kappa shape index (κ3) is 4.85. The van der Waals surface area contributed by atoms with E-state index >= 15 is 0 Å². The molecule has 1 aliphatic carbocycles. The molecule has 0 bridgehead atoms. The molecule has 118 valence electrons. The van der Waals surface area contributed by atoms with Crippen molar-refractivity contribution < 1.29 is 4.79 Å². The maximum absolute atomic E-state index is 12.3. The Hall–Kier alpha value is -0.820. The van der Waals surface area contributed by atoms with Crippen molar-refractivity contribution in [2.24, 2.45) is 5.92 Å². The average molecular weight is 329 g/mol. The smallest absolute Gasteiger partial charge is 0.233 e. The second kappa shape index (κ2) is 7.98. The number of nitrogens with zero attached hydrogens (tertiary/aromatic N) is 2. The highest BCUT2D eigenvalue weighted by atomic mass is 32.2. The van der Waals surface area contributed by atoms with Crippen LogP contribution in [0.5, 0.6) is 0 Å². The van der Waals surface area contributed by atoms with E-state index in [1.165, 1.54) is 42.4 Å². The van der Waals surface area contributed by atoms with Crippen LogP contribution in [0.25, 0.3) is 0 Å². The van der Waals surface area contributed by atoms with E-state index in [1.807, 2.05) is 13.8 Å². The molecule has 1 saturated carbocycles. The Morgan fingerprint density at radius 1 is 1.43 bits per heavy atom. The summed E-state index contributed by atoms with van der Waals surface area (Å²) in [5.41, 5.74) is 0. The molecule has 21 heavy (non-hydrogen) atoms. The Bertz CT molecular complexity index is 466. The molecule has 7 heteroatoms. The van der Waals surface area contributed by atoms with Crippen LogP contribution in [0.2, 0.25) is 0 Å². The molecule has 0 spiro atoms. The van der Waals surface area contributed by atoms with Crippen LogP contribution < -0.4 is 10.6 Å². The quantitative estimate of drug-likeness (QED) is 0.785. The van der Waals surface area contributed by atoms with Crippen molar-refractivity contribution in [3.63, 3.8) is 0 Å². The molecule has 5 nitrogen and oxygen atoms in total. The van der Waals surface area contributed by atoms with Crippen LogP contribution in [-0.4, -0.2) is 33.9 Å². The Labute approximate surface area is 134 Å². The second-order valence-electron chi connectivity index (χ2n) is 5.54. The molecule has 1 aromatic heterocycles. The summed E-state index contributed by atoms with van der Waals surface area (Å²) in [6, 6.07) is 0.334. The largest absolute Gasteiger partial charge is 0.360 e. The van der Waals surface area contributed by atoms with Gasteiger partial charge in [-0.2, -0.15) is 0 Å². The molecule has 0 radical (unpaired) electrons. The lowest BCUT2D eigenvalue weighted by molar-refractivity contribution is -0.121. The van der Waals surface area contributed by atoms with Crippen LogP contribution in [0, 0.1) is 5.92 Å². The molecule has 1 fully saturated rings. The summed E-state index contributed by atoms with van der Waals surface area (Å²) in [6.45, 7) is 7.02. The summed E-state index contributed by atoms with van der Waals surface area (Å²) in [5.74, 6) is 0.695. The van der Waals surface area contributed by atoms with Gasteiger partial charge in [0.25, 0.3) is 0 Å². The number of amides is 1. The summed E-state index contributed by atoms with van der Waals surface area (Å²) in [6.07, 6.45) is 4.83. The maximum Gasteiger partial charge on any atom is 0.233 e. The fourth-order valence-electron chi connectivity index (χ4n) is 2.52. The molecule has 1 heterocycles. The van der Waals surface area contributed by atoms with E-state index in [9.17, 15) is 4.79 Å². The predicted octanol–water partition coefficient (Wildman–Crippen LogP) is 3.15. The van der Waals surface area contributed by atoms with Crippen molar-refractivity contribution in [1.82, 2.24) is 15.5 Å². The monoisotopic (exact) mass is 328 g/mol. The van der Waals surface area contributed by atoms with Crippen molar-refractivity contribution in [3.8, 4) is 0 Å². The van der Waals surface area contributed by atoms with Gasteiger partial charge in [0.1, 0.15) is 0 Å². The summed E-state index contributed by atoms with van der Waals surface area (Å²) >= 11 is 2.98. The topological polar surface area (TPSA) is 66.9 Å². The SMILES string of the molecule is CCNc1nnc(S[C@H](C)C(=O)N[C@@H]2CCCC[C@@H]2C)s1. The molecule has 3 atom stereocenters. The highest BCUT2D eigenvalue weighted by Crippen LogP contribution is 2.29. The summed E-state index contributed by atoms with van der Waals surface area (Å²) < 4.78 is 0.838. The van der Waals surface area contributed by atoms with E-state index in [4.69, 9.17) is 0 Å². The summed E-state index contributed by atoms with van der Waals surface area (Å²) in [5, 5.41) is 15.2. The van der Waals surface area contributed by atoms with Gasteiger partial charge in [-0.25, -0.2) is 0 Å². The van der Waals surface area contributed by atoms with E-state index in [1.54, 1.807) is 0 Å². The third-order valence-electron chi connectivity index (χ3n) is 3.82. The Morgan fingerprint density at radius 3 is 2.90 bits per heavy atom. The first-order chi connectivity index (χ1) is 10.1. The van der Waals surface area contributed by atoms with Crippen LogP contribution in [0.3, 0.4) is 0 Å². The first-order valence-corrected chi connectivity index (χ1v) is 9.34. The number of nitrogens with one attached hydrogen (secondary N) is 2. The fourth-order valence-corrected chi connectivity index (χ4v) is 4.49. The van der Waals surface area contributed by atoms with E-state index in [2.05, 4.69) is 27.8 Å². The number of hydrogen-bond acceptors (Lipinski definition) is 6. The lowest BCUT2D eigenvalue weighted by atomic mass is 9.86. The van der Waals surface area contributed by atoms with E-state index in [0.29, 0.717) is 12.0 Å². The molecule has 0 unspecified atom stereocenters. The van der Waals surface area contributed by atoms with Crippen LogP contribution in [-0.2, 0) is 4.79 Å². The van der Waals surface area contributed by atoms with E-state index in [-0.39, 0.29) is 11.2 Å². The van der Waals surface area contributed by atoms with Gasteiger partial charge in [-0.1, -0.05) is 42.9 Å². The molecule has 1 aromatic rings. The van der Waals surface area contributed by atoms with Gasteiger partial charge in [0, 0.05) is 12.6 Å². The molecular formula is C14H24N4OS2. The van der Waals surface area contributed by atoms with Gasteiger partial charge in [0.2, 0.25) is 11.0 Å². The fraction of sp³-hybridized carbons (Fsp3) is 0.786. The third-order valence-corrected chi connectivity index (χ3v) is 5.89.